The first kappa shape index (κ1) is 12.8. The molecule has 0 aliphatic rings. The molecule has 3 nitrogen and oxygen atoms in total. The Hall–Kier alpha value is -2.26. The van der Waals surface area contributed by atoms with E-state index in [2.05, 4.69) is 22.1 Å². The second-order valence-electron chi connectivity index (χ2n) is 5.10. The highest BCUT2D eigenvalue weighted by Gasteiger charge is 2.13. The van der Waals surface area contributed by atoms with Crippen LogP contribution in [0.25, 0.3) is 10.8 Å². The van der Waals surface area contributed by atoms with E-state index in [-0.39, 0.29) is 6.04 Å². The summed E-state index contributed by atoms with van der Waals surface area (Å²) in [6.07, 6.45) is 3.68. The van der Waals surface area contributed by atoms with Crippen molar-refractivity contribution in [2.45, 2.75) is 19.9 Å². The maximum Gasteiger partial charge on any atom is 0.0559 e. The normalized spacial score (nSPS) is 12.6. The third kappa shape index (κ3) is 2.28. The van der Waals surface area contributed by atoms with Gasteiger partial charge in [0.05, 0.1) is 6.04 Å². The van der Waals surface area contributed by atoms with Crippen LogP contribution < -0.4 is 5.73 Å². The lowest BCUT2D eigenvalue weighted by molar-refractivity contribution is 0.867. The molecule has 0 saturated carbocycles. The molecule has 1 unspecified atom stereocenters. The Kier molecular flexibility index (Phi) is 3.20. The van der Waals surface area contributed by atoms with Crippen LogP contribution in [0.3, 0.4) is 0 Å². The number of nitrogens with two attached hydrogens (primary N) is 1. The van der Waals surface area contributed by atoms with Gasteiger partial charge < -0.3 is 5.73 Å². The van der Waals surface area contributed by atoms with Gasteiger partial charge in [-0.1, -0.05) is 18.2 Å². The van der Waals surface area contributed by atoms with E-state index < -0.39 is 0 Å². The zero-order valence-electron chi connectivity index (χ0n) is 11.7. The van der Waals surface area contributed by atoms with Gasteiger partial charge in [-0.3, -0.25) is 9.97 Å². The first-order chi connectivity index (χ1) is 9.65. The molecule has 0 radical (unpaired) electrons. The molecule has 3 aromatic rings. The van der Waals surface area contributed by atoms with Crippen LogP contribution in [0.2, 0.25) is 0 Å². The zero-order valence-corrected chi connectivity index (χ0v) is 11.7. The van der Waals surface area contributed by atoms with E-state index in [9.17, 15) is 0 Å². The van der Waals surface area contributed by atoms with Gasteiger partial charge in [0.1, 0.15) is 0 Å². The van der Waals surface area contributed by atoms with Gasteiger partial charge in [-0.25, -0.2) is 0 Å². The first-order valence-electron chi connectivity index (χ1n) is 6.68. The molecule has 0 bridgehead atoms. The molecular formula is C17H17N3. The Morgan fingerprint density at radius 2 is 1.80 bits per heavy atom. The molecule has 2 N–H and O–H groups in total. The Morgan fingerprint density at radius 3 is 2.55 bits per heavy atom. The van der Waals surface area contributed by atoms with E-state index in [1.54, 1.807) is 6.20 Å². The van der Waals surface area contributed by atoms with Crippen molar-refractivity contribution < 1.29 is 0 Å². The smallest absolute Gasteiger partial charge is 0.0559 e. The minimum Gasteiger partial charge on any atom is -0.320 e. The SMILES string of the molecule is Cc1cc(C(N)c2cccc3ccncc23)cc(C)n1. The number of aromatic nitrogens is 2. The van der Waals surface area contributed by atoms with Crippen LogP contribution in [0.5, 0.6) is 0 Å². The fourth-order valence-electron chi connectivity index (χ4n) is 2.63. The van der Waals surface area contributed by atoms with E-state index in [0.29, 0.717) is 0 Å². The molecule has 3 heteroatoms. The summed E-state index contributed by atoms with van der Waals surface area (Å²) in [4.78, 5) is 8.62. The second kappa shape index (κ2) is 5.02. The van der Waals surface area contributed by atoms with Crippen molar-refractivity contribution in [3.63, 3.8) is 0 Å². The molecule has 3 rings (SSSR count). The fourth-order valence-corrected chi connectivity index (χ4v) is 2.63. The number of fused-ring (bicyclic) bond motifs is 1. The molecule has 0 spiro atoms. The summed E-state index contributed by atoms with van der Waals surface area (Å²) in [6, 6.07) is 12.1. The minimum absolute atomic E-state index is 0.164. The molecular weight excluding hydrogens is 246 g/mol. The lowest BCUT2D eigenvalue weighted by Gasteiger charge is -2.16. The topological polar surface area (TPSA) is 51.8 Å². The number of rotatable bonds is 2. The zero-order chi connectivity index (χ0) is 14.1. The maximum absolute atomic E-state index is 6.46. The summed E-state index contributed by atoms with van der Waals surface area (Å²) in [7, 11) is 0. The second-order valence-corrected chi connectivity index (χ2v) is 5.10. The number of benzene rings is 1. The van der Waals surface area contributed by atoms with E-state index in [0.717, 1.165) is 33.3 Å². The Morgan fingerprint density at radius 1 is 1.05 bits per heavy atom. The highest BCUT2D eigenvalue weighted by molar-refractivity contribution is 5.85. The highest BCUT2D eigenvalue weighted by Crippen LogP contribution is 2.27. The lowest BCUT2D eigenvalue weighted by atomic mass is 9.95. The summed E-state index contributed by atoms with van der Waals surface area (Å²) < 4.78 is 0. The summed E-state index contributed by atoms with van der Waals surface area (Å²) in [5, 5.41) is 2.27. The molecule has 0 aliphatic carbocycles. The summed E-state index contributed by atoms with van der Waals surface area (Å²) in [5.41, 5.74) is 10.6. The summed E-state index contributed by atoms with van der Waals surface area (Å²) in [5.74, 6) is 0. The van der Waals surface area contributed by atoms with Crippen LogP contribution in [-0.4, -0.2) is 9.97 Å². The third-order valence-corrected chi connectivity index (χ3v) is 3.52. The van der Waals surface area contributed by atoms with Crippen molar-refractivity contribution in [3.8, 4) is 0 Å². The minimum atomic E-state index is -0.164. The molecule has 2 aromatic heterocycles. The quantitative estimate of drug-likeness (QED) is 0.771. The number of nitrogens with zero attached hydrogens (tertiary/aromatic N) is 2. The van der Waals surface area contributed by atoms with E-state index in [1.165, 1.54) is 0 Å². The van der Waals surface area contributed by atoms with Crippen LogP contribution in [0.4, 0.5) is 0 Å². The summed E-state index contributed by atoms with van der Waals surface area (Å²) >= 11 is 0. The standard InChI is InChI=1S/C17H17N3/c1-11-8-14(9-12(2)20-11)17(18)15-5-3-4-13-6-7-19-10-16(13)15/h3-10,17H,18H2,1-2H3. The Labute approximate surface area is 118 Å². The molecule has 0 fully saturated rings. The van der Waals surface area contributed by atoms with Crippen molar-refractivity contribution in [2.75, 3.05) is 0 Å². The van der Waals surface area contributed by atoms with Gasteiger partial charge in [-0.15, -0.1) is 0 Å². The average molecular weight is 263 g/mol. The van der Waals surface area contributed by atoms with Gasteiger partial charge >= 0.3 is 0 Å². The van der Waals surface area contributed by atoms with Gasteiger partial charge in [-0.2, -0.15) is 0 Å². The van der Waals surface area contributed by atoms with Crippen molar-refractivity contribution in [1.82, 2.24) is 9.97 Å². The molecule has 20 heavy (non-hydrogen) atoms. The number of pyridine rings is 2. The molecule has 0 aliphatic heterocycles. The predicted molar refractivity (Wildman–Crippen MR) is 81.5 cm³/mol. The largest absolute Gasteiger partial charge is 0.320 e. The van der Waals surface area contributed by atoms with Gasteiger partial charge in [0, 0.05) is 29.2 Å². The highest BCUT2D eigenvalue weighted by atomic mass is 14.7. The van der Waals surface area contributed by atoms with Gasteiger partial charge in [0.25, 0.3) is 0 Å². The Balaban J connectivity index is 2.15. The van der Waals surface area contributed by atoms with E-state index in [4.69, 9.17) is 5.73 Å². The number of hydrogen-bond donors (Lipinski definition) is 1. The first-order valence-corrected chi connectivity index (χ1v) is 6.68. The lowest BCUT2D eigenvalue weighted by Crippen LogP contribution is -2.13. The Bertz CT molecular complexity index is 740. The van der Waals surface area contributed by atoms with E-state index in [1.807, 2.05) is 44.3 Å². The predicted octanol–water partition coefficient (Wildman–Crippen LogP) is 3.29. The van der Waals surface area contributed by atoms with Crippen LogP contribution in [0.15, 0.2) is 48.8 Å². The molecule has 1 atom stereocenters. The molecule has 0 saturated heterocycles. The number of hydrogen-bond acceptors (Lipinski definition) is 3. The van der Waals surface area contributed by atoms with Gasteiger partial charge in [-0.05, 0) is 48.6 Å². The number of aryl methyl sites for hydroxylation is 2. The maximum atomic E-state index is 6.46. The van der Waals surface area contributed by atoms with Crippen molar-refractivity contribution in [1.29, 1.82) is 0 Å². The van der Waals surface area contributed by atoms with Crippen molar-refractivity contribution in [3.05, 3.63) is 71.3 Å². The molecule has 1 aromatic carbocycles. The van der Waals surface area contributed by atoms with E-state index >= 15 is 0 Å². The molecule has 100 valence electrons. The van der Waals surface area contributed by atoms with Crippen LogP contribution in [0.1, 0.15) is 28.6 Å². The monoisotopic (exact) mass is 263 g/mol. The van der Waals surface area contributed by atoms with Crippen LogP contribution in [0, 0.1) is 13.8 Å². The molecule has 0 amide bonds. The fraction of sp³-hybridized carbons (Fsp3) is 0.176. The summed E-state index contributed by atoms with van der Waals surface area (Å²) in [6.45, 7) is 3.99. The van der Waals surface area contributed by atoms with Gasteiger partial charge in [0.2, 0.25) is 0 Å². The average Bonchev–Trinajstić information content (AvgIpc) is 2.45. The van der Waals surface area contributed by atoms with Gasteiger partial charge in [0.15, 0.2) is 0 Å². The van der Waals surface area contributed by atoms with Crippen molar-refractivity contribution in [2.24, 2.45) is 5.73 Å². The van der Waals surface area contributed by atoms with Crippen molar-refractivity contribution >= 4 is 10.8 Å². The van der Waals surface area contributed by atoms with Crippen LogP contribution in [-0.2, 0) is 0 Å². The third-order valence-electron chi connectivity index (χ3n) is 3.52. The van der Waals surface area contributed by atoms with Crippen LogP contribution >= 0.6 is 0 Å². The molecule has 2 heterocycles.